The largest absolute Gasteiger partial charge is 0.496 e. The summed E-state index contributed by atoms with van der Waals surface area (Å²) in [6.45, 7) is 0. The first-order valence-electron chi connectivity index (χ1n) is 10.7. The molecule has 1 amide bonds. The molecule has 0 aliphatic heterocycles. The van der Waals surface area contributed by atoms with E-state index in [1.54, 1.807) is 31.4 Å². The molecule has 0 saturated heterocycles. The molecule has 0 unspecified atom stereocenters. The van der Waals surface area contributed by atoms with Crippen molar-refractivity contribution in [1.82, 2.24) is 0 Å². The first-order valence-corrected chi connectivity index (χ1v) is 11.5. The van der Waals surface area contributed by atoms with Crippen molar-refractivity contribution < 1.29 is 18.7 Å². The number of fused-ring (bicyclic) bond motifs is 2. The maximum Gasteiger partial charge on any atom is 0.230 e. The average molecular weight is 514 g/mol. The summed E-state index contributed by atoms with van der Waals surface area (Å²) >= 11 is 3.42. The van der Waals surface area contributed by atoms with E-state index in [9.17, 15) is 9.59 Å². The zero-order valence-electron chi connectivity index (χ0n) is 18.3. The Morgan fingerprint density at radius 2 is 1.65 bits per heavy atom. The summed E-state index contributed by atoms with van der Waals surface area (Å²) in [6.07, 6.45) is 0.169. The maximum absolute atomic E-state index is 13.4. The van der Waals surface area contributed by atoms with E-state index in [1.807, 2.05) is 60.7 Å². The minimum atomic E-state index is -0.333. The fraction of sp³-hybridized carbons (Fsp3) is 0.0714. The zero-order valence-corrected chi connectivity index (χ0v) is 19.9. The quantitative estimate of drug-likeness (QED) is 0.254. The molecule has 0 bridgehead atoms. The van der Waals surface area contributed by atoms with E-state index in [-0.39, 0.29) is 23.9 Å². The number of anilines is 1. The van der Waals surface area contributed by atoms with Crippen molar-refractivity contribution in [1.29, 1.82) is 0 Å². The van der Waals surface area contributed by atoms with E-state index in [1.165, 1.54) is 0 Å². The van der Waals surface area contributed by atoms with E-state index < -0.39 is 0 Å². The molecule has 5 aromatic rings. The summed E-state index contributed by atoms with van der Waals surface area (Å²) in [6, 6.07) is 26.2. The lowest BCUT2D eigenvalue weighted by atomic mass is 10.0. The van der Waals surface area contributed by atoms with E-state index in [2.05, 4.69) is 21.2 Å². The van der Waals surface area contributed by atoms with Crippen molar-refractivity contribution in [2.75, 3.05) is 12.4 Å². The molecular weight excluding hydrogens is 494 g/mol. The van der Waals surface area contributed by atoms with Gasteiger partial charge in [0, 0.05) is 10.9 Å². The molecule has 0 fully saturated rings. The lowest BCUT2D eigenvalue weighted by Gasteiger charge is -2.09. The topological polar surface area (TPSA) is 68.5 Å². The van der Waals surface area contributed by atoms with Gasteiger partial charge in [0.1, 0.15) is 11.3 Å². The van der Waals surface area contributed by atoms with Gasteiger partial charge in [0.05, 0.1) is 23.7 Å². The van der Waals surface area contributed by atoms with Crippen LogP contribution in [0.25, 0.3) is 21.7 Å². The van der Waals surface area contributed by atoms with Gasteiger partial charge in [0.2, 0.25) is 11.7 Å². The van der Waals surface area contributed by atoms with Gasteiger partial charge >= 0.3 is 0 Å². The molecule has 1 N–H and O–H groups in total. The molecule has 0 spiro atoms. The number of furan rings is 1. The number of carbonyl (C=O) groups is 2. The first kappa shape index (κ1) is 21.9. The van der Waals surface area contributed by atoms with Gasteiger partial charge in [-0.25, -0.2) is 0 Å². The molecule has 1 aromatic heterocycles. The molecule has 0 atom stereocenters. The smallest absolute Gasteiger partial charge is 0.230 e. The second kappa shape index (κ2) is 9.15. The van der Waals surface area contributed by atoms with Crippen molar-refractivity contribution in [3.63, 3.8) is 0 Å². The Morgan fingerprint density at radius 1 is 0.912 bits per heavy atom. The first-order chi connectivity index (χ1) is 16.5. The lowest BCUT2D eigenvalue weighted by Crippen LogP contribution is -2.16. The van der Waals surface area contributed by atoms with Gasteiger partial charge in [0.15, 0.2) is 5.76 Å². The Labute approximate surface area is 204 Å². The molecular formula is C28H20BrNO4. The third-order valence-corrected chi connectivity index (χ3v) is 6.33. The SMILES string of the molecule is COc1ccc(C(=O)c2oc3ccccc3c2NC(=O)Cc2cccc3ccccc23)cc1Br. The number of nitrogens with one attached hydrogen (secondary N) is 1. The van der Waals surface area contributed by atoms with Crippen LogP contribution in [0.4, 0.5) is 5.69 Å². The van der Waals surface area contributed by atoms with Crippen LogP contribution < -0.4 is 10.1 Å². The molecule has 4 aromatic carbocycles. The molecule has 0 aliphatic rings. The second-order valence-corrected chi connectivity index (χ2v) is 8.70. The lowest BCUT2D eigenvalue weighted by molar-refractivity contribution is -0.115. The Bertz CT molecular complexity index is 1550. The van der Waals surface area contributed by atoms with E-state index in [0.29, 0.717) is 32.4 Å². The predicted molar refractivity (Wildman–Crippen MR) is 137 cm³/mol. The second-order valence-electron chi connectivity index (χ2n) is 7.84. The molecule has 5 rings (SSSR count). The van der Waals surface area contributed by atoms with Crippen LogP contribution in [0.5, 0.6) is 5.75 Å². The molecule has 0 saturated carbocycles. The van der Waals surface area contributed by atoms with Crippen LogP contribution in [0.15, 0.2) is 93.8 Å². The van der Waals surface area contributed by atoms with Crippen molar-refractivity contribution in [2.24, 2.45) is 0 Å². The van der Waals surface area contributed by atoms with Crippen LogP contribution in [-0.2, 0) is 11.2 Å². The van der Waals surface area contributed by atoms with Crippen molar-refractivity contribution >= 4 is 55.0 Å². The number of ether oxygens (including phenoxy) is 1. The predicted octanol–water partition coefficient (Wildman–Crippen LogP) is 6.77. The van der Waals surface area contributed by atoms with Crippen LogP contribution in [0.3, 0.4) is 0 Å². The standard InChI is InChI=1S/C28H20BrNO4/c1-33-24-14-13-19(15-22(24)29)27(32)28-26(21-11-4-5-12-23(21)34-28)30-25(31)16-18-9-6-8-17-7-2-3-10-20(17)18/h2-15H,16H2,1H3,(H,30,31). The number of hydrogen-bond acceptors (Lipinski definition) is 4. The number of amides is 1. The number of methoxy groups -OCH3 is 1. The van der Waals surface area contributed by atoms with Gasteiger partial charge in [-0.2, -0.15) is 0 Å². The summed E-state index contributed by atoms with van der Waals surface area (Å²) in [5.41, 5.74) is 2.23. The van der Waals surface area contributed by atoms with Gasteiger partial charge in [-0.05, 0) is 62.6 Å². The molecule has 1 heterocycles. The fourth-order valence-corrected chi connectivity index (χ4v) is 4.61. The zero-order chi connectivity index (χ0) is 23.7. The van der Waals surface area contributed by atoms with Gasteiger partial charge in [0.25, 0.3) is 0 Å². The minimum Gasteiger partial charge on any atom is -0.496 e. The summed E-state index contributed by atoms with van der Waals surface area (Å²) < 4.78 is 11.8. The Hall–Kier alpha value is -3.90. The summed E-state index contributed by atoms with van der Waals surface area (Å²) in [4.78, 5) is 26.5. The third kappa shape index (κ3) is 4.08. The van der Waals surface area contributed by atoms with Crippen LogP contribution in [-0.4, -0.2) is 18.8 Å². The Kier molecular flexibility index (Phi) is 5.90. The third-order valence-electron chi connectivity index (χ3n) is 5.71. The minimum absolute atomic E-state index is 0.0875. The van der Waals surface area contributed by atoms with Gasteiger partial charge < -0.3 is 14.5 Å². The molecule has 0 aliphatic carbocycles. The highest BCUT2D eigenvalue weighted by atomic mass is 79.9. The maximum atomic E-state index is 13.4. The number of benzene rings is 4. The monoisotopic (exact) mass is 513 g/mol. The van der Waals surface area contributed by atoms with Crippen LogP contribution in [0, 0.1) is 0 Å². The fourth-order valence-electron chi connectivity index (χ4n) is 4.07. The van der Waals surface area contributed by atoms with E-state index in [0.717, 1.165) is 16.3 Å². The van der Waals surface area contributed by atoms with Gasteiger partial charge in [-0.1, -0.05) is 54.6 Å². The van der Waals surface area contributed by atoms with Gasteiger partial charge in [-0.3, -0.25) is 9.59 Å². The normalized spacial score (nSPS) is 11.0. The number of rotatable bonds is 6. The van der Waals surface area contributed by atoms with Crippen molar-refractivity contribution in [3.05, 3.63) is 106 Å². The number of ketones is 1. The highest BCUT2D eigenvalue weighted by Gasteiger charge is 2.24. The van der Waals surface area contributed by atoms with Crippen LogP contribution >= 0.6 is 15.9 Å². The summed E-state index contributed by atoms with van der Waals surface area (Å²) in [5, 5.41) is 5.71. The highest BCUT2D eigenvalue weighted by Crippen LogP contribution is 2.34. The van der Waals surface area contributed by atoms with E-state index in [4.69, 9.17) is 9.15 Å². The van der Waals surface area contributed by atoms with Crippen LogP contribution in [0.1, 0.15) is 21.7 Å². The van der Waals surface area contributed by atoms with Crippen molar-refractivity contribution in [2.45, 2.75) is 6.42 Å². The summed E-state index contributed by atoms with van der Waals surface area (Å²) in [7, 11) is 1.56. The number of hydrogen-bond donors (Lipinski definition) is 1. The Balaban J connectivity index is 1.50. The van der Waals surface area contributed by atoms with E-state index >= 15 is 0 Å². The van der Waals surface area contributed by atoms with Crippen molar-refractivity contribution in [3.8, 4) is 5.75 Å². The molecule has 0 radical (unpaired) electrons. The Morgan fingerprint density at radius 3 is 2.44 bits per heavy atom. The number of halogens is 1. The average Bonchev–Trinajstić information content (AvgIpc) is 3.22. The highest BCUT2D eigenvalue weighted by molar-refractivity contribution is 9.10. The molecule has 168 valence electrons. The number of para-hydroxylation sites is 1. The molecule has 34 heavy (non-hydrogen) atoms. The van der Waals surface area contributed by atoms with Gasteiger partial charge in [-0.15, -0.1) is 0 Å². The summed E-state index contributed by atoms with van der Waals surface area (Å²) in [5.74, 6) is 0.141. The van der Waals surface area contributed by atoms with Crippen LogP contribution in [0.2, 0.25) is 0 Å². The number of carbonyl (C=O) groups excluding carboxylic acids is 2. The molecule has 6 heteroatoms. The molecule has 5 nitrogen and oxygen atoms in total.